The summed E-state index contributed by atoms with van der Waals surface area (Å²) in [6.07, 6.45) is 0. The van der Waals surface area contributed by atoms with Crippen LogP contribution in [0, 0.1) is 0 Å². The maximum Gasteiger partial charge on any atom is 0.324 e. The van der Waals surface area contributed by atoms with Crippen LogP contribution in [0.3, 0.4) is 0 Å². The molecule has 0 aromatic heterocycles. The van der Waals surface area contributed by atoms with E-state index in [1.807, 2.05) is 24.3 Å². The summed E-state index contributed by atoms with van der Waals surface area (Å²) in [5.41, 5.74) is 0. The molecule has 0 N–H and O–H groups in total. The Hall–Kier alpha value is -1.10. The van der Waals surface area contributed by atoms with Gasteiger partial charge in [0.25, 0.3) is 0 Å². The second-order valence-electron chi connectivity index (χ2n) is 3.67. The molecule has 2 aliphatic heterocycles. The fourth-order valence-corrected chi connectivity index (χ4v) is 7.78. The maximum atomic E-state index is 5.88. The minimum Gasteiger partial charge on any atom is -0.435 e. The van der Waals surface area contributed by atoms with Crippen LogP contribution in [0.5, 0.6) is 11.5 Å². The SMILES string of the molecule is c1ccc2c(c1)OP1Oc3ccccc3P21. The third kappa shape index (κ3) is 1.09. The van der Waals surface area contributed by atoms with Crippen molar-refractivity contribution in [3.8, 4) is 11.5 Å². The molecule has 0 unspecified atom stereocenters. The molecule has 2 nitrogen and oxygen atoms in total. The molecule has 2 heterocycles. The zero-order valence-corrected chi connectivity index (χ0v) is 10.1. The fraction of sp³-hybridized carbons (Fsp3) is 0. The van der Waals surface area contributed by atoms with Crippen molar-refractivity contribution in [2.45, 2.75) is 0 Å². The van der Waals surface area contributed by atoms with Gasteiger partial charge in [-0.05, 0) is 24.3 Å². The van der Waals surface area contributed by atoms with E-state index in [9.17, 15) is 0 Å². The van der Waals surface area contributed by atoms with E-state index in [1.54, 1.807) is 0 Å². The van der Waals surface area contributed by atoms with Gasteiger partial charge in [0.15, 0.2) is 0 Å². The molecule has 78 valence electrons. The predicted molar refractivity (Wildman–Crippen MR) is 67.2 cm³/mol. The van der Waals surface area contributed by atoms with Crippen LogP contribution in [-0.2, 0) is 0 Å². The molecule has 0 saturated heterocycles. The molecule has 2 aliphatic rings. The van der Waals surface area contributed by atoms with E-state index < -0.39 is 15.7 Å². The number of fused-ring (bicyclic) bond motifs is 5. The van der Waals surface area contributed by atoms with Crippen LogP contribution in [0.15, 0.2) is 48.5 Å². The first-order valence-electron chi connectivity index (χ1n) is 5.08. The van der Waals surface area contributed by atoms with Crippen molar-refractivity contribution < 1.29 is 9.05 Å². The minimum absolute atomic E-state index is 0.404. The minimum atomic E-state index is -0.782. The van der Waals surface area contributed by atoms with E-state index in [2.05, 4.69) is 24.3 Å². The summed E-state index contributed by atoms with van der Waals surface area (Å²) < 4.78 is 11.8. The summed E-state index contributed by atoms with van der Waals surface area (Å²) in [4.78, 5) is 0. The first kappa shape index (κ1) is 8.98. The van der Waals surface area contributed by atoms with Gasteiger partial charge in [-0.25, -0.2) is 0 Å². The fourth-order valence-electron chi connectivity index (χ4n) is 1.99. The Kier molecular flexibility index (Phi) is 1.80. The Balaban J connectivity index is 1.93. The predicted octanol–water partition coefficient (Wildman–Crippen LogP) is 3.13. The van der Waals surface area contributed by atoms with Gasteiger partial charge in [-0.3, -0.25) is 0 Å². The van der Waals surface area contributed by atoms with Gasteiger partial charge >= 0.3 is 8.06 Å². The third-order valence-electron chi connectivity index (χ3n) is 2.70. The van der Waals surface area contributed by atoms with E-state index in [1.165, 1.54) is 10.6 Å². The van der Waals surface area contributed by atoms with Gasteiger partial charge in [0.1, 0.15) is 11.5 Å². The summed E-state index contributed by atoms with van der Waals surface area (Å²) in [5.74, 6) is 2.02. The second kappa shape index (κ2) is 3.20. The first-order chi connectivity index (χ1) is 7.93. The normalized spacial score (nSPS) is 24.0. The van der Waals surface area contributed by atoms with Crippen molar-refractivity contribution in [3.05, 3.63) is 48.5 Å². The highest BCUT2D eigenvalue weighted by Crippen LogP contribution is 2.76. The lowest BCUT2D eigenvalue weighted by atomic mass is 10.3. The number of hydrogen-bond donors (Lipinski definition) is 0. The highest BCUT2D eigenvalue weighted by atomic mass is 32.1. The van der Waals surface area contributed by atoms with Gasteiger partial charge in [0.2, 0.25) is 0 Å². The van der Waals surface area contributed by atoms with Gasteiger partial charge in [0.05, 0.1) is 7.61 Å². The van der Waals surface area contributed by atoms with E-state index in [0.29, 0.717) is 0 Å². The lowest BCUT2D eigenvalue weighted by Gasteiger charge is -2.05. The van der Waals surface area contributed by atoms with Crippen molar-refractivity contribution in [1.29, 1.82) is 0 Å². The number of rotatable bonds is 0. The van der Waals surface area contributed by atoms with Gasteiger partial charge in [-0.2, -0.15) is 0 Å². The van der Waals surface area contributed by atoms with Crippen molar-refractivity contribution in [1.82, 2.24) is 0 Å². The van der Waals surface area contributed by atoms with Crippen molar-refractivity contribution in [2.75, 3.05) is 0 Å². The molecular formula is C12H8O2P2. The van der Waals surface area contributed by atoms with Gasteiger partial charge < -0.3 is 9.05 Å². The van der Waals surface area contributed by atoms with E-state index in [0.717, 1.165) is 11.5 Å². The number of para-hydroxylation sites is 2. The smallest absolute Gasteiger partial charge is 0.324 e. The lowest BCUT2D eigenvalue weighted by molar-refractivity contribution is 0.520. The summed E-state index contributed by atoms with van der Waals surface area (Å²) in [6, 6.07) is 16.6. The lowest BCUT2D eigenvalue weighted by Crippen LogP contribution is -2.04. The van der Waals surface area contributed by atoms with Crippen LogP contribution in [0.1, 0.15) is 0 Å². The average Bonchev–Trinajstić information content (AvgIpc) is 2.83. The van der Waals surface area contributed by atoms with Crippen molar-refractivity contribution in [2.24, 2.45) is 0 Å². The largest absolute Gasteiger partial charge is 0.435 e. The molecule has 2 aromatic rings. The second-order valence-corrected chi connectivity index (χ2v) is 8.28. The van der Waals surface area contributed by atoms with Gasteiger partial charge in [-0.15, -0.1) is 0 Å². The molecule has 4 rings (SSSR count). The molecule has 0 amide bonds. The zero-order chi connectivity index (χ0) is 10.5. The highest BCUT2D eigenvalue weighted by molar-refractivity contribution is 8.34. The Morgan fingerprint density at radius 3 is 1.75 bits per heavy atom. The Labute approximate surface area is 95.8 Å². The summed E-state index contributed by atoms with van der Waals surface area (Å²) in [6.45, 7) is 0. The Morgan fingerprint density at radius 2 is 1.19 bits per heavy atom. The molecule has 4 heteroatoms. The summed E-state index contributed by atoms with van der Waals surface area (Å²) in [7, 11) is -1.19. The van der Waals surface area contributed by atoms with Gasteiger partial charge in [0, 0.05) is 10.6 Å². The quantitative estimate of drug-likeness (QED) is 0.665. The summed E-state index contributed by atoms with van der Waals surface area (Å²) >= 11 is 0. The summed E-state index contributed by atoms with van der Waals surface area (Å²) in [5, 5.41) is 2.65. The molecule has 0 radical (unpaired) electrons. The molecule has 0 saturated carbocycles. The van der Waals surface area contributed by atoms with Crippen LogP contribution in [0.2, 0.25) is 0 Å². The van der Waals surface area contributed by atoms with Crippen molar-refractivity contribution in [3.63, 3.8) is 0 Å². The van der Waals surface area contributed by atoms with Gasteiger partial charge in [-0.1, -0.05) is 24.3 Å². The molecular weight excluding hydrogens is 238 g/mol. The van der Waals surface area contributed by atoms with Crippen LogP contribution in [0.25, 0.3) is 0 Å². The highest BCUT2D eigenvalue weighted by Gasteiger charge is 2.45. The molecule has 16 heavy (non-hydrogen) atoms. The number of benzene rings is 2. The molecule has 0 aliphatic carbocycles. The van der Waals surface area contributed by atoms with E-state index >= 15 is 0 Å². The molecule has 0 spiro atoms. The molecule has 0 bridgehead atoms. The maximum absolute atomic E-state index is 5.88. The molecule has 0 fully saturated rings. The monoisotopic (exact) mass is 246 g/mol. The first-order valence-corrected chi connectivity index (χ1v) is 8.30. The van der Waals surface area contributed by atoms with E-state index in [4.69, 9.17) is 9.05 Å². The van der Waals surface area contributed by atoms with Crippen LogP contribution in [0.4, 0.5) is 0 Å². The standard InChI is InChI=1S/C12H8O2P2/c1-3-7-11-9(5-1)13-16-14-10-6-2-4-8-12(10)15(11)16/h1-8H. The zero-order valence-electron chi connectivity index (χ0n) is 8.33. The Morgan fingerprint density at radius 1 is 0.688 bits per heavy atom. The Bertz CT molecular complexity index is 521. The van der Waals surface area contributed by atoms with Crippen LogP contribution >= 0.6 is 15.7 Å². The van der Waals surface area contributed by atoms with Crippen LogP contribution in [-0.4, -0.2) is 0 Å². The van der Waals surface area contributed by atoms with Crippen LogP contribution < -0.4 is 19.7 Å². The topological polar surface area (TPSA) is 18.5 Å². The molecule has 0 atom stereocenters. The van der Waals surface area contributed by atoms with Crippen molar-refractivity contribution >= 4 is 26.3 Å². The molecule has 2 aromatic carbocycles. The number of hydrogen-bond acceptors (Lipinski definition) is 2. The van der Waals surface area contributed by atoms with E-state index in [-0.39, 0.29) is 0 Å². The third-order valence-corrected chi connectivity index (χ3v) is 8.15. The average molecular weight is 246 g/mol.